The molecule has 0 saturated heterocycles. The third-order valence-electron chi connectivity index (χ3n) is 14.6. The topological polar surface area (TPSA) is 78.9 Å². The van der Waals surface area contributed by atoms with Crippen molar-refractivity contribution < 1.29 is 28.6 Å². The number of fused-ring (bicyclic) bond motifs is 7. The molecule has 5 aliphatic rings. The van der Waals surface area contributed by atoms with E-state index in [1.807, 2.05) is 30.3 Å². The van der Waals surface area contributed by atoms with Crippen molar-refractivity contribution in [3.05, 3.63) is 47.5 Å². The number of esters is 3. The maximum absolute atomic E-state index is 13.8. The fraction of sp³-hybridized carbons (Fsp3) is 0.725. The molecule has 0 heterocycles. The van der Waals surface area contributed by atoms with Gasteiger partial charge in [0.15, 0.2) is 0 Å². The van der Waals surface area contributed by atoms with E-state index in [2.05, 4.69) is 47.6 Å². The third-order valence-corrected chi connectivity index (χ3v) is 14.6. The lowest BCUT2D eigenvalue weighted by molar-refractivity contribution is -0.220. The highest BCUT2D eigenvalue weighted by molar-refractivity contribution is 5.89. The highest BCUT2D eigenvalue weighted by atomic mass is 16.5. The SMILES string of the molecule is COC(=O)[C@]12CCC(C)(C)C[C@H]1C1=CC[C@H]3[C@@]4(C)CC[C@H](OC(C)=O)C(C)(C)[C@@H]4CC[C@@]3(C)[C@]1(COC(=O)c1ccccc1)CC2. The van der Waals surface area contributed by atoms with Gasteiger partial charge in [-0.15, -0.1) is 0 Å². The van der Waals surface area contributed by atoms with Gasteiger partial charge in [-0.25, -0.2) is 4.79 Å². The van der Waals surface area contributed by atoms with Gasteiger partial charge in [-0.05, 0) is 110 Å². The van der Waals surface area contributed by atoms with Crippen LogP contribution in [0.15, 0.2) is 42.0 Å². The third kappa shape index (κ3) is 4.81. The van der Waals surface area contributed by atoms with Crippen molar-refractivity contribution >= 4 is 17.9 Å². The molecule has 0 spiro atoms. The minimum Gasteiger partial charge on any atom is -0.469 e. The van der Waals surface area contributed by atoms with Gasteiger partial charge in [0.2, 0.25) is 0 Å². The van der Waals surface area contributed by atoms with Gasteiger partial charge in [-0.3, -0.25) is 9.59 Å². The predicted octanol–water partition coefficient (Wildman–Crippen LogP) is 8.73. The van der Waals surface area contributed by atoms with Crippen LogP contribution >= 0.6 is 0 Å². The van der Waals surface area contributed by atoms with Crippen molar-refractivity contribution in [2.75, 3.05) is 13.7 Å². The van der Waals surface area contributed by atoms with Crippen LogP contribution in [0.25, 0.3) is 0 Å². The summed E-state index contributed by atoms with van der Waals surface area (Å²) in [6.45, 7) is 16.1. The fourth-order valence-electron chi connectivity index (χ4n) is 12.2. The highest BCUT2D eigenvalue weighted by Crippen LogP contribution is 2.76. The van der Waals surface area contributed by atoms with E-state index in [4.69, 9.17) is 14.2 Å². The van der Waals surface area contributed by atoms with E-state index < -0.39 is 5.41 Å². The Labute approximate surface area is 276 Å². The van der Waals surface area contributed by atoms with E-state index in [-0.39, 0.29) is 57.0 Å². The van der Waals surface area contributed by atoms with Crippen molar-refractivity contribution in [3.63, 3.8) is 0 Å². The van der Waals surface area contributed by atoms with Crippen molar-refractivity contribution in [1.29, 1.82) is 0 Å². The van der Waals surface area contributed by atoms with Crippen LogP contribution in [0.4, 0.5) is 0 Å². The second-order valence-corrected chi connectivity index (χ2v) is 17.5. The van der Waals surface area contributed by atoms with Crippen LogP contribution in [0.5, 0.6) is 0 Å². The van der Waals surface area contributed by atoms with Gasteiger partial charge in [-0.1, -0.05) is 71.4 Å². The summed E-state index contributed by atoms with van der Waals surface area (Å²) < 4.78 is 17.9. The van der Waals surface area contributed by atoms with Gasteiger partial charge >= 0.3 is 17.9 Å². The van der Waals surface area contributed by atoms with Crippen molar-refractivity contribution in [2.45, 2.75) is 119 Å². The lowest BCUT2D eigenvalue weighted by Gasteiger charge is -2.71. The Hall–Kier alpha value is -2.63. The molecular weight excluding hydrogens is 576 g/mol. The van der Waals surface area contributed by atoms with Crippen LogP contribution in [0.1, 0.15) is 123 Å². The van der Waals surface area contributed by atoms with Crippen LogP contribution in [-0.2, 0) is 23.8 Å². The molecule has 0 radical (unpaired) electrons. The number of benzene rings is 1. The standard InChI is InChI=1S/C40H56O6/c1-26(41)46-32-17-18-37(6)30(36(32,4)5)16-19-38(7)31(37)15-14-28-29-24-35(2,3)20-21-39(29,34(43)44-8)22-23-40(28,38)25-45-33(42)27-12-10-9-11-13-27/h9-14,29-32H,15-25H2,1-8H3/t29-,30-,31-,32-,37-,38+,39-,40-/m0/s1. The Morgan fingerprint density at radius 1 is 0.848 bits per heavy atom. The van der Waals surface area contributed by atoms with Crippen molar-refractivity contribution in [3.8, 4) is 0 Å². The first-order valence-corrected chi connectivity index (χ1v) is 17.7. The second kappa shape index (κ2) is 11.2. The van der Waals surface area contributed by atoms with Crippen LogP contribution in [0, 0.1) is 50.2 Å². The van der Waals surface area contributed by atoms with Gasteiger partial charge in [0.05, 0.1) is 18.1 Å². The number of hydrogen-bond acceptors (Lipinski definition) is 6. The molecule has 5 aliphatic carbocycles. The summed E-state index contributed by atoms with van der Waals surface area (Å²) >= 11 is 0. The van der Waals surface area contributed by atoms with Gasteiger partial charge in [0, 0.05) is 17.8 Å². The number of carbonyl (C=O) groups excluding carboxylic acids is 3. The highest BCUT2D eigenvalue weighted by Gasteiger charge is 2.71. The average molecular weight is 633 g/mol. The first kappa shape index (κ1) is 33.3. The van der Waals surface area contributed by atoms with Crippen LogP contribution in [-0.4, -0.2) is 37.7 Å². The Morgan fingerprint density at radius 3 is 2.22 bits per heavy atom. The summed E-state index contributed by atoms with van der Waals surface area (Å²) in [5.74, 6) is 0.291. The lowest BCUT2D eigenvalue weighted by Crippen LogP contribution is -2.67. The first-order valence-electron chi connectivity index (χ1n) is 17.7. The molecule has 6 rings (SSSR count). The smallest absolute Gasteiger partial charge is 0.338 e. The molecule has 0 N–H and O–H groups in total. The van der Waals surface area contributed by atoms with Crippen LogP contribution in [0.3, 0.4) is 0 Å². The second-order valence-electron chi connectivity index (χ2n) is 17.5. The molecular formula is C40H56O6. The van der Waals surface area contributed by atoms with E-state index in [9.17, 15) is 14.4 Å². The predicted molar refractivity (Wildman–Crippen MR) is 178 cm³/mol. The summed E-state index contributed by atoms with van der Waals surface area (Å²) in [5, 5.41) is 0. The number of hydrogen-bond donors (Lipinski definition) is 0. The van der Waals surface area contributed by atoms with Gasteiger partial charge < -0.3 is 14.2 Å². The Morgan fingerprint density at radius 2 is 1.54 bits per heavy atom. The van der Waals surface area contributed by atoms with E-state index in [1.54, 1.807) is 7.11 Å². The lowest BCUT2D eigenvalue weighted by atomic mass is 9.33. The molecule has 252 valence electrons. The fourth-order valence-corrected chi connectivity index (χ4v) is 12.2. The van der Waals surface area contributed by atoms with Crippen LogP contribution in [0.2, 0.25) is 0 Å². The molecule has 0 aromatic heterocycles. The van der Waals surface area contributed by atoms with Gasteiger partial charge in [0.25, 0.3) is 0 Å². The molecule has 0 unspecified atom stereocenters. The van der Waals surface area contributed by atoms with Gasteiger partial charge in [0.1, 0.15) is 12.7 Å². The maximum atomic E-state index is 13.8. The van der Waals surface area contributed by atoms with E-state index in [0.29, 0.717) is 24.0 Å². The molecule has 6 heteroatoms. The molecule has 0 amide bonds. The number of allylic oxidation sites excluding steroid dienone is 1. The number of methoxy groups -OCH3 is 1. The monoisotopic (exact) mass is 632 g/mol. The van der Waals surface area contributed by atoms with Crippen LogP contribution < -0.4 is 0 Å². The quantitative estimate of drug-likeness (QED) is 0.184. The van der Waals surface area contributed by atoms with Crippen molar-refractivity contribution in [1.82, 2.24) is 0 Å². The summed E-state index contributed by atoms with van der Waals surface area (Å²) in [5.41, 5.74) is 0.887. The minimum absolute atomic E-state index is 0.0361. The zero-order valence-corrected chi connectivity index (χ0v) is 29.5. The van der Waals surface area contributed by atoms with E-state index >= 15 is 0 Å². The maximum Gasteiger partial charge on any atom is 0.338 e. The molecule has 4 saturated carbocycles. The Balaban J connectivity index is 1.45. The first-order chi connectivity index (χ1) is 21.6. The Bertz CT molecular complexity index is 1410. The summed E-state index contributed by atoms with van der Waals surface area (Å²) in [6.07, 6.45) is 11.6. The minimum atomic E-state index is -0.530. The average Bonchev–Trinajstić information content (AvgIpc) is 3.01. The van der Waals surface area contributed by atoms with E-state index in [1.165, 1.54) is 12.5 Å². The number of ether oxygens (including phenoxy) is 3. The van der Waals surface area contributed by atoms with Crippen molar-refractivity contribution in [2.24, 2.45) is 50.2 Å². The molecule has 1 aromatic carbocycles. The molecule has 6 nitrogen and oxygen atoms in total. The molecule has 8 atom stereocenters. The Kier molecular flexibility index (Phi) is 8.12. The van der Waals surface area contributed by atoms with Gasteiger partial charge in [-0.2, -0.15) is 0 Å². The molecule has 1 aromatic rings. The molecule has 46 heavy (non-hydrogen) atoms. The largest absolute Gasteiger partial charge is 0.469 e. The number of rotatable bonds is 5. The zero-order chi connectivity index (χ0) is 33.3. The summed E-state index contributed by atoms with van der Waals surface area (Å²) in [7, 11) is 1.54. The zero-order valence-electron chi connectivity index (χ0n) is 29.5. The molecule has 4 fully saturated rings. The number of carbonyl (C=O) groups is 3. The summed E-state index contributed by atoms with van der Waals surface area (Å²) in [4.78, 5) is 39.4. The van der Waals surface area contributed by atoms with E-state index in [0.717, 1.165) is 64.2 Å². The molecule has 0 bridgehead atoms. The normalized spacial score (nSPS) is 40.5. The molecule has 0 aliphatic heterocycles. The summed E-state index contributed by atoms with van der Waals surface area (Å²) in [6, 6.07) is 9.32.